The van der Waals surface area contributed by atoms with Gasteiger partial charge in [-0.1, -0.05) is 87.1 Å². The number of fused-ring (bicyclic) bond motifs is 1. The van der Waals surface area contributed by atoms with Crippen LogP contribution in [0.2, 0.25) is 0 Å². The Morgan fingerprint density at radius 3 is 2.34 bits per heavy atom. The Balaban J connectivity index is 1.99. The van der Waals surface area contributed by atoms with E-state index in [1.54, 1.807) is 0 Å². The molecule has 5 heteroatoms. The summed E-state index contributed by atoms with van der Waals surface area (Å²) in [6.45, 7) is 12.6. The molecule has 2 aromatic carbocycles. The van der Waals surface area contributed by atoms with Gasteiger partial charge in [0.25, 0.3) is 5.56 Å². The maximum Gasteiger partial charge on any atom is 0.297 e. The fraction of sp³-hybridized carbons (Fsp3) is 0.472. The summed E-state index contributed by atoms with van der Waals surface area (Å²) in [5, 5.41) is 0.870. The molecular weight excluding hydrogens is 510 g/mol. The average molecular weight is 560 g/mol. The fourth-order valence-electron chi connectivity index (χ4n) is 4.67. The maximum atomic E-state index is 13.9. The molecule has 0 aliphatic carbocycles. The Labute approximate surface area is 246 Å². The van der Waals surface area contributed by atoms with Gasteiger partial charge in [0.1, 0.15) is 19.0 Å². The largest absolute Gasteiger partial charge is 0.489 e. The van der Waals surface area contributed by atoms with E-state index in [4.69, 9.17) is 14.2 Å². The second-order valence-corrected chi connectivity index (χ2v) is 11.0. The van der Waals surface area contributed by atoms with Crippen LogP contribution in [0.4, 0.5) is 0 Å². The van der Waals surface area contributed by atoms with Gasteiger partial charge in [-0.3, -0.25) is 4.79 Å². The molecule has 0 amide bonds. The van der Waals surface area contributed by atoms with Crippen LogP contribution in [-0.2, 0) is 13.2 Å². The smallest absolute Gasteiger partial charge is 0.297 e. The molecule has 222 valence electrons. The van der Waals surface area contributed by atoms with Gasteiger partial charge in [-0.15, -0.1) is 0 Å². The third kappa shape index (κ3) is 10.1. The minimum Gasteiger partial charge on any atom is -0.489 e. The van der Waals surface area contributed by atoms with Crippen LogP contribution in [-0.4, -0.2) is 17.8 Å². The summed E-state index contributed by atoms with van der Waals surface area (Å²) in [7, 11) is 0. The molecule has 0 fully saturated rings. The second kappa shape index (κ2) is 17.4. The van der Waals surface area contributed by atoms with Gasteiger partial charge in [0.05, 0.1) is 12.1 Å². The van der Waals surface area contributed by atoms with E-state index >= 15 is 0 Å². The third-order valence-electron chi connectivity index (χ3n) is 7.13. The van der Waals surface area contributed by atoms with E-state index in [1.807, 2.05) is 53.1 Å². The lowest BCUT2D eigenvalue weighted by atomic mass is 10.1. The highest BCUT2D eigenvalue weighted by Gasteiger charge is 2.20. The molecule has 1 heterocycles. The number of hydrogen-bond donors (Lipinski definition) is 0. The van der Waals surface area contributed by atoms with Crippen LogP contribution in [0.1, 0.15) is 91.5 Å². The molecular formula is C36H49NO4. The molecule has 1 aromatic heterocycles. The molecule has 3 aromatic rings. The number of aromatic nitrogens is 1. The fourth-order valence-corrected chi connectivity index (χ4v) is 4.67. The molecule has 0 atom stereocenters. The van der Waals surface area contributed by atoms with E-state index in [2.05, 4.69) is 46.8 Å². The van der Waals surface area contributed by atoms with Crippen molar-refractivity contribution >= 4 is 10.9 Å². The van der Waals surface area contributed by atoms with Gasteiger partial charge in [0, 0.05) is 18.0 Å². The van der Waals surface area contributed by atoms with Crippen LogP contribution in [0.25, 0.3) is 10.9 Å². The Morgan fingerprint density at radius 1 is 0.829 bits per heavy atom. The molecule has 41 heavy (non-hydrogen) atoms. The van der Waals surface area contributed by atoms with Crippen LogP contribution in [0.15, 0.2) is 76.6 Å². The quantitative estimate of drug-likeness (QED) is 0.115. The summed E-state index contributed by atoms with van der Waals surface area (Å²) >= 11 is 0. The Morgan fingerprint density at radius 2 is 1.61 bits per heavy atom. The van der Waals surface area contributed by atoms with Gasteiger partial charge in [0.15, 0.2) is 5.75 Å². The van der Waals surface area contributed by atoms with Crippen molar-refractivity contribution in [3.05, 3.63) is 87.7 Å². The van der Waals surface area contributed by atoms with Gasteiger partial charge in [0.2, 0.25) is 5.75 Å². The lowest BCUT2D eigenvalue weighted by molar-refractivity contribution is 0.274. The molecule has 0 aliphatic heterocycles. The van der Waals surface area contributed by atoms with Crippen molar-refractivity contribution < 1.29 is 14.2 Å². The van der Waals surface area contributed by atoms with Crippen LogP contribution < -0.4 is 19.8 Å². The number of rotatable bonds is 18. The first-order chi connectivity index (χ1) is 19.9. The van der Waals surface area contributed by atoms with Crippen LogP contribution in [0.5, 0.6) is 17.2 Å². The number of unbranched alkanes of at least 4 members (excludes halogenated alkanes) is 4. The number of benzene rings is 2. The molecule has 0 spiro atoms. The Hall–Kier alpha value is -3.47. The summed E-state index contributed by atoms with van der Waals surface area (Å²) in [4.78, 5) is 13.9. The van der Waals surface area contributed by atoms with Crippen molar-refractivity contribution in [2.45, 2.75) is 99.1 Å². The molecule has 0 radical (unpaired) electrons. The van der Waals surface area contributed by atoms with Gasteiger partial charge in [-0.05, 0) is 70.2 Å². The van der Waals surface area contributed by atoms with Crippen molar-refractivity contribution in [3.63, 3.8) is 0 Å². The van der Waals surface area contributed by atoms with Crippen molar-refractivity contribution in [3.8, 4) is 17.2 Å². The first-order valence-corrected chi connectivity index (χ1v) is 15.4. The SMILES string of the molecule is CCCCCCn1c(=O)c(OCCCC)c(OC/C=C(\C)CCC=C(C)C)c2ccc(OCc3ccccc3)cc21. The normalized spacial score (nSPS) is 11.5. The van der Waals surface area contributed by atoms with Crippen molar-refractivity contribution in [2.24, 2.45) is 0 Å². The zero-order valence-corrected chi connectivity index (χ0v) is 25.8. The van der Waals surface area contributed by atoms with E-state index in [0.29, 0.717) is 37.9 Å². The van der Waals surface area contributed by atoms with Gasteiger partial charge in [-0.2, -0.15) is 0 Å². The van der Waals surface area contributed by atoms with Crippen LogP contribution in [0.3, 0.4) is 0 Å². The number of aryl methyl sites for hydroxylation is 1. The van der Waals surface area contributed by atoms with Crippen molar-refractivity contribution in [1.82, 2.24) is 4.57 Å². The lowest BCUT2D eigenvalue weighted by Gasteiger charge is -2.19. The van der Waals surface area contributed by atoms with Crippen LogP contribution in [0, 0.1) is 0 Å². The van der Waals surface area contributed by atoms with Gasteiger partial charge in [-0.25, -0.2) is 0 Å². The summed E-state index contributed by atoms with van der Waals surface area (Å²) in [6, 6.07) is 16.0. The summed E-state index contributed by atoms with van der Waals surface area (Å²) in [5.74, 6) is 1.56. The van der Waals surface area contributed by atoms with Gasteiger partial charge < -0.3 is 18.8 Å². The number of nitrogens with zero attached hydrogens (tertiary/aromatic N) is 1. The highest BCUT2D eigenvalue weighted by Crippen LogP contribution is 2.35. The Kier molecular flexibility index (Phi) is 13.6. The molecule has 0 bridgehead atoms. The standard InChI is InChI=1S/C36H49NO4/c1-6-8-10-14-23-37-33-26-31(41-27-30-18-12-11-13-19-30)20-21-32(33)34(35(36(37)38)39-24-9-7-2)40-25-22-29(5)17-15-16-28(3)4/h11-13,16,18-22,26H,6-10,14-15,17,23-25,27H2,1-5H3/b29-22+. The van der Waals surface area contributed by atoms with E-state index in [1.165, 1.54) is 11.1 Å². The van der Waals surface area contributed by atoms with Gasteiger partial charge >= 0.3 is 0 Å². The Bertz CT molecular complexity index is 1330. The maximum absolute atomic E-state index is 13.9. The molecule has 5 nitrogen and oxygen atoms in total. The van der Waals surface area contributed by atoms with Crippen molar-refractivity contribution in [1.29, 1.82) is 0 Å². The zero-order valence-electron chi connectivity index (χ0n) is 25.8. The average Bonchev–Trinajstić information content (AvgIpc) is 2.97. The van der Waals surface area contributed by atoms with E-state index in [9.17, 15) is 4.79 Å². The van der Waals surface area contributed by atoms with Crippen molar-refractivity contribution in [2.75, 3.05) is 13.2 Å². The zero-order chi connectivity index (χ0) is 29.5. The molecule has 0 N–H and O–H groups in total. The van der Waals surface area contributed by atoms with E-state index in [-0.39, 0.29) is 5.56 Å². The lowest BCUT2D eigenvalue weighted by Crippen LogP contribution is -2.24. The highest BCUT2D eigenvalue weighted by molar-refractivity contribution is 5.89. The van der Waals surface area contributed by atoms with Crippen LogP contribution >= 0.6 is 0 Å². The minimum absolute atomic E-state index is 0.135. The predicted molar refractivity (Wildman–Crippen MR) is 171 cm³/mol. The third-order valence-corrected chi connectivity index (χ3v) is 7.13. The first kappa shape index (κ1) is 32.0. The molecule has 0 saturated heterocycles. The van der Waals surface area contributed by atoms with E-state index in [0.717, 1.165) is 73.6 Å². The predicted octanol–water partition coefficient (Wildman–Crippen LogP) is 9.41. The number of hydrogen-bond acceptors (Lipinski definition) is 4. The summed E-state index contributed by atoms with van der Waals surface area (Å²) in [6.07, 6.45) is 12.5. The second-order valence-electron chi connectivity index (χ2n) is 11.0. The summed E-state index contributed by atoms with van der Waals surface area (Å²) in [5.41, 5.74) is 4.38. The number of pyridine rings is 1. The minimum atomic E-state index is -0.135. The monoisotopic (exact) mass is 559 g/mol. The first-order valence-electron chi connectivity index (χ1n) is 15.4. The number of allylic oxidation sites excluding steroid dienone is 3. The molecule has 0 unspecified atom stereocenters. The molecule has 3 rings (SSSR count). The highest BCUT2D eigenvalue weighted by atomic mass is 16.5. The topological polar surface area (TPSA) is 49.7 Å². The number of ether oxygens (including phenoxy) is 3. The molecule has 0 saturated carbocycles. The molecule has 0 aliphatic rings. The summed E-state index contributed by atoms with van der Waals surface area (Å²) < 4.78 is 20.5. The van der Waals surface area contributed by atoms with E-state index < -0.39 is 0 Å².